The van der Waals surface area contributed by atoms with E-state index in [9.17, 15) is 18.8 Å². The van der Waals surface area contributed by atoms with Crippen LogP contribution in [0.3, 0.4) is 0 Å². The highest BCUT2D eigenvalue weighted by Gasteiger charge is 2.37. The lowest BCUT2D eigenvalue weighted by Gasteiger charge is -2.32. The van der Waals surface area contributed by atoms with E-state index in [1.54, 1.807) is 18.2 Å². The summed E-state index contributed by atoms with van der Waals surface area (Å²) in [7, 11) is 2.90. The van der Waals surface area contributed by atoms with E-state index in [1.165, 1.54) is 32.4 Å². The monoisotopic (exact) mass is 557 g/mol. The van der Waals surface area contributed by atoms with Crippen molar-refractivity contribution in [3.63, 3.8) is 0 Å². The number of carbonyl (C=O) groups is 3. The van der Waals surface area contributed by atoms with Crippen molar-refractivity contribution in [3.05, 3.63) is 64.4 Å². The number of nitrogens with zero attached hydrogens (tertiary/aromatic N) is 2. The van der Waals surface area contributed by atoms with E-state index in [0.717, 1.165) is 23.8 Å². The number of nitrogens with one attached hydrogen (secondary N) is 1. The van der Waals surface area contributed by atoms with E-state index in [2.05, 4.69) is 9.69 Å². The molecule has 0 saturated carbocycles. The van der Waals surface area contributed by atoms with E-state index in [1.807, 2.05) is 0 Å². The maximum Gasteiger partial charge on any atom is 0.273 e. The molecule has 11 nitrogen and oxygen atoms in total. The van der Waals surface area contributed by atoms with Crippen molar-refractivity contribution in [3.8, 4) is 11.5 Å². The van der Waals surface area contributed by atoms with Crippen LogP contribution in [-0.2, 0) is 9.53 Å². The fourth-order valence-electron chi connectivity index (χ4n) is 4.31. The standard InChI is InChI=1S/C26H28FN5O6S/c1-36-18-9-8-14(11-19(18)37-2)22(25(34)30-13-17-7-4-10-38-17)32(16-6-3-5-15(27)12-16)26(35)23-20(28)21(24(29)33)31-39-23/h3,5-6,8-9,11-12,17,22H,4,7,10,13,28H2,1-2H3,(H2,29,33)(H,30,34)/t17-,22-/m0/s1. The predicted octanol–water partition coefficient (Wildman–Crippen LogP) is 2.66. The Morgan fingerprint density at radius 3 is 2.59 bits per heavy atom. The summed E-state index contributed by atoms with van der Waals surface area (Å²) in [5.74, 6) is -2.17. The molecule has 3 amide bonds. The summed E-state index contributed by atoms with van der Waals surface area (Å²) in [5, 5.41) is 2.86. The number of primary amides is 1. The van der Waals surface area contributed by atoms with Crippen LogP contribution in [0, 0.1) is 5.82 Å². The van der Waals surface area contributed by atoms with Crippen molar-refractivity contribution in [1.29, 1.82) is 0 Å². The number of halogens is 1. The largest absolute Gasteiger partial charge is 0.493 e. The van der Waals surface area contributed by atoms with Crippen molar-refractivity contribution >= 4 is 40.6 Å². The number of hydrogen-bond donors (Lipinski definition) is 3. The Labute approximate surface area is 228 Å². The normalized spacial score (nSPS) is 15.4. The van der Waals surface area contributed by atoms with Crippen molar-refractivity contribution in [2.45, 2.75) is 25.0 Å². The second-order valence-corrected chi connectivity index (χ2v) is 9.46. The molecule has 4 rings (SSSR count). The van der Waals surface area contributed by atoms with Crippen LogP contribution in [0.1, 0.15) is 44.6 Å². The molecule has 5 N–H and O–H groups in total. The van der Waals surface area contributed by atoms with Gasteiger partial charge in [0.25, 0.3) is 11.8 Å². The van der Waals surface area contributed by atoms with Gasteiger partial charge >= 0.3 is 0 Å². The van der Waals surface area contributed by atoms with Crippen LogP contribution in [0.25, 0.3) is 0 Å². The minimum Gasteiger partial charge on any atom is -0.493 e. The molecule has 2 heterocycles. The number of ether oxygens (including phenoxy) is 3. The third-order valence-corrected chi connectivity index (χ3v) is 7.07. The molecule has 13 heteroatoms. The second-order valence-electron chi connectivity index (χ2n) is 8.69. The lowest BCUT2D eigenvalue weighted by molar-refractivity contribution is -0.123. The number of amides is 3. The Bertz CT molecular complexity index is 1380. The lowest BCUT2D eigenvalue weighted by atomic mass is 10.0. The van der Waals surface area contributed by atoms with Crippen molar-refractivity contribution in [2.75, 3.05) is 38.0 Å². The minimum absolute atomic E-state index is 0.0699. The zero-order chi connectivity index (χ0) is 28.1. The number of benzene rings is 2. The molecule has 39 heavy (non-hydrogen) atoms. The average molecular weight is 558 g/mol. The van der Waals surface area contributed by atoms with Crippen LogP contribution in [0.5, 0.6) is 11.5 Å². The van der Waals surface area contributed by atoms with Crippen molar-refractivity contribution < 1.29 is 33.0 Å². The SMILES string of the molecule is COc1ccc([C@@H](C(=O)NC[C@@H]2CCCO2)N(C(=O)c2snc(C(N)=O)c2N)c2cccc(F)c2)cc1OC. The van der Waals surface area contributed by atoms with Gasteiger partial charge < -0.3 is 31.0 Å². The number of hydrogen-bond acceptors (Lipinski definition) is 9. The summed E-state index contributed by atoms with van der Waals surface area (Å²) >= 11 is 0.654. The molecule has 1 aliphatic heterocycles. The van der Waals surface area contributed by atoms with E-state index in [-0.39, 0.29) is 34.6 Å². The van der Waals surface area contributed by atoms with Gasteiger partial charge in [-0.1, -0.05) is 12.1 Å². The third kappa shape index (κ3) is 5.94. The number of nitrogen functional groups attached to an aromatic ring is 1. The summed E-state index contributed by atoms with van der Waals surface area (Å²) in [6.45, 7) is 0.808. The van der Waals surface area contributed by atoms with Crippen molar-refractivity contribution in [1.82, 2.24) is 9.69 Å². The molecule has 206 valence electrons. The Kier molecular flexibility index (Phi) is 8.62. The van der Waals surface area contributed by atoms with Crippen LogP contribution >= 0.6 is 11.5 Å². The number of carbonyl (C=O) groups excluding carboxylic acids is 3. The molecule has 1 fully saturated rings. The third-order valence-electron chi connectivity index (χ3n) is 6.22. The molecule has 0 spiro atoms. The van der Waals surface area contributed by atoms with Gasteiger partial charge in [0, 0.05) is 18.8 Å². The Balaban J connectivity index is 1.86. The van der Waals surface area contributed by atoms with Crippen LogP contribution in [0.15, 0.2) is 42.5 Å². The van der Waals surface area contributed by atoms with Crippen LogP contribution in [0.2, 0.25) is 0 Å². The van der Waals surface area contributed by atoms with Gasteiger partial charge in [-0.15, -0.1) is 0 Å². The fourth-order valence-corrected chi connectivity index (χ4v) is 5.05. The highest BCUT2D eigenvalue weighted by Crippen LogP contribution is 2.37. The van der Waals surface area contributed by atoms with Gasteiger partial charge in [-0.05, 0) is 60.3 Å². The van der Waals surface area contributed by atoms with Gasteiger partial charge in [0.15, 0.2) is 17.2 Å². The molecule has 1 saturated heterocycles. The van der Waals surface area contributed by atoms with Gasteiger partial charge in [-0.3, -0.25) is 19.3 Å². The molecule has 0 radical (unpaired) electrons. The summed E-state index contributed by atoms with van der Waals surface area (Å²) in [5.41, 5.74) is 11.3. The number of nitrogens with two attached hydrogens (primary N) is 2. The smallest absolute Gasteiger partial charge is 0.273 e. The number of aromatic nitrogens is 1. The maximum absolute atomic E-state index is 14.4. The highest BCUT2D eigenvalue weighted by atomic mass is 32.1. The summed E-state index contributed by atoms with van der Waals surface area (Å²) in [6, 6.07) is 8.64. The number of anilines is 2. The summed E-state index contributed by atoms with van der Waals surface area (Å²) < 4.78 is 34.7. The molecule has 0 unspecified atom stereocenters. The quantitative estimate of drug-likeness (QED) is 0.343. The van der Waals surface area contributed by atoms with Crippen LogP contribution < -0.4 is 31.2 Å². The van der Waals surface area contributed by atoms with Gasteiger partial charge in [-0.2, -0.15) is 4.37 Å². The summed E-state index contributed by atoms with van der Waals surface area (Å²) in [6.07, 6.45) is 1.48. The predicted molar refractivity (Wildman–Crippen MR) is 143 cm³/mol. The Morgan fingerprint density at radius 1 is 1.21 bits per heavy atom. The molecule has 1 aliphatic rings. The Hall–Kier alpha value is -4.23. The molecule has 2 atom stereocenters. The first-order valence-corrected chi connectivity index (χ1v) is 12.8. The molecule has 3 aromatic rings. The van der Waals surface area contributed by atoms with Gasteiger partial charge in [-0.25, -0.2) is 4.39 Å². The highest BCUT2D eigenvalue weighted by molar-refractivity contribution is 7.09. The zero-order valence-electron chi connectivity index (χ0n) is 21.3. The molecule has 2 aromatic carbocycles. The second kappa shape index (κ2) is 12.1. The van der Waals surface area contributed by atoms with E-state index >= 15 is 0 Å². The lowest BCUT2D eigenvalue weighted by Crippen LogP contribution is -2.45. The van der Waals surface area contributed by atoms with Crippen LogP contribution in [-0.4, -0.2) is 55.6 Å². The van der Waals surface area contributed by atoms with E-state index < -0.39 is 29.6 Å². The molecular formula is C26H28FN5O6S. The first kappa shape index (κ1) is 27.8. The van der Waals surface area contributed by atoms with Gasteiger partial charge in [0.2, 0.25) is 5.91 Å². The average Bonchev–Trinajstić information content (AvgIpc) is 3.59. The molecule has 0 aliphatic carbocycles. The molecular weight excluding hydrogens is 529 g/mol. The topological polar surface area (TPSA) is 159 Å². The molecule has 1 aromatic heterocycles. The van der Waals surface area contributed by atoms with E-state index in [4.69, 9.17) is 25.7 Å². The number of methoxy groups -OCH3 is 2. The van der Waals surface area contributed by atoms with Crippen LogP contribution in [0.4, 0.5) is 15.8 Å². The first-order chi connectivity index (χ1) is 18.7. The summed E-state index contributed by atoms with van der Waals surface area (Å²) in [4.78, 5) is 40.6. The maximum atomic E-state index is 14.4. The van der Waals surface area contributed by atoms with E-state index in [0.29, 0.717) is 35.2 Å². The number of rotatable bonds is 10. The zero-order valence-corrected chi connectivity index (χ0v) is 22.1. The minimum atomic E-state index is -1.32. The Morgan fingerprint density at radius 2 is 1.97 bits per heavy atom. The van der Waals surface area contributed by atoms with Gasteiger partial charge in [0.05, 0.1) is 26.0 Å². The first-order valence-electron chi connectivity index (χ1n) is 12.0. The fraction of sp³-hybridized carbons (Fsp3) is 0.308. The van der Waals surface area contributed by atoms with Gasteiger partial charge in [0.1, 0.15) is 16.7 Å². The van der Waals surface area contributed by atoms with Crippen molar-refractivity contribution in [2.24, 2.45) is 5.73 Å². The molecule has 0 bridgehead atoms.